The second-order valence-electron chi connectivity index (χ2n) is 6.44. The lowest BCUT2D eigenvalue weighted by Crippen LogP contribution is -2.34. The van der Waals surface area contributed by atoms with Gasteiger partial charge in [0.15, 0.2) is 0 Å². The molecule has 0 aliphatic carbocycles. The molecule has 0 saturated carbocycles. The number of nitrogens with one attached hydrogen (secondary N) is 1. The van der Waals surface area contributed by atoms with Crippen molar-refractivity contribution in [2.75, 3.05) is 0 Å². The van der Waals surface area contributed by atoms with Crippen LogP contribution in [0, 0.1) is 0 Å². The molecule has 1 aromatic heterocycles. The van der Waals surface area contributed by atoms with E-state index in [1.54, 1.807) is 0 Å². The van der Waals surface area contributed by atoms with Gasteiger partial charge in [-0.3, -0.25) is 0 Å². The summed E-state index contributed by atoms with van der Waals surface area (Å²) in [5, 5.41) is 4.69. The first-order chi connectivity index (χ1) is 9.37. The van der Waals surface area contributed by atoms with Gasteiger partial charge in [-0.15, -0.1) is 11.3 Å². The molecule has 1 aromatic carbocycles. The van der Waals surface area contributed by atoms with E-state index in [1.807, 2.05) is 17.4 Å². The molecule has 2 aromatic rings. The average Bonchev–Trinajstić information content (AvgIpc) is 2.81. The Morgan fingerprint density at radius 3 is 2.35 bits per heavy atom. The highest BCUT2D eigenvalue weighted by Crippen LogP contribution is 2.33. The smallest absolute Gasteiger partial charge is 0.107 e. The number of thiazole rings is 1. The molecule has 1 N–H and O–H groups in total. The Kier molecular flexibility index (Phi) is 4.61. The van der Waals surface area contributed by atoms with Crippen LogP contribution in [0.3, 0.4) is 0 Å². The van der Waals surface area contributed by atoms with Crippen LogP contribution in [0.15, 0.2) is 30.3 Å². The second-order valence-corrected chi connectivity index (χ2v) is 7.56. The fourth-order valence-corrected chi connectivity index (χ4v) is 3.02. The number of hydrogen-bond acceptors (Lipinski definition) is 3. The van der Waals surface area contributed by atoms with E-state index in [9.17, 15) is 0 Å². The van der Waals surface area contributed by atoms with Crippen molar-refractivity contribution >= 4 is 11.3 Å². The third-order valence-corrected chi connectivity index (χ3v) is 4.40. The molecular formula is C17H24N2S. The van der Waals surface area contributed by atoms with Crippen LogP contribution >= 0.6 is 11.3 Å². The van der Waals surface area contributed by atoms with E-state index in [2.05, 4.69) is 64.2 Å². The number of rotatable bonds is 4. The topological polar surface area (TPSA) is 24.9 Å². The molecule has 0 radical (unpaired) electrons. The molecule has 0 unspecified atom stereocenters. The van der Waals surface area contributed by atoms with Crippen LogP contribution < -0.4 is 5.32 Å². The van der Waals surface area contributed by atoms with Gasteiger partial charge in [-0.2, -0.15) is 0 Å². The summed E-state index contributed by atoms with van der Waals surface area (Å²) >= 11 is 1.83. The van der Waals surface area contributed by atoms with Crippen LogP contribution in [-0.2, 0) is 6.54 Å². The maximum atomic E-state index is 4.86. The van der Waals surface area contributed by atoms with E-state index in [0.717, 1.165) is 12.2 Å². The molecule has 20 heavy (non-hydrogen) atoms. The molecule has 0 aliphatic rings. The van der Waals surface area contributed by atoms with Gasteiger partial charge in [-0.05, 0) is 26.7 Å². The minimum absolute atomic E-state index is 0.122. The SMILES string of the molecule is CC(C)c1sc(CNC(C)(C)C)nc1-c1ccccc1. The average molecular weight is 288 g/mol. The van der Waals surface area contributed by atoms with Crippen LogP contribution in [-0.4, -0.2) is 10.5 Å². The van der Waals surface area contributed by atoms with Crippen molar-refractivity contribution < 1.29 is 0 Å². The minimum Gasteiger partial charge on any atom is -0.306 e. The summed E-state index contributed by atoms with van der Waals surface area (Å²) in [6.07, 6.45) is 0. The third-order valence-electron chi connectivity index (χ3n) is 3.04. The summed E-state index contributed by atoms with van der Waals surface area (Å²) in [6.45, 7) is 11.9. The Bertz CT molecular complexity index is 550. The van der Waals surface area contributed by atoms with E-state index in [4.69, 9.17) is 4.98 Å². The van der Waals surface area contributed by atoms with Gasteiger partial charge >= 0.3 is 0 Å². The van der Waals surface area contributed by atoms with E-state index in [0.29, 0.717) is 5.92 Å². The van der Waals surface area contributed by atoms with Crippen LogP contribution in [0.1, 0.15) is 50.4 Å². The Labute approximate surface area is 126 Å². The van der Waals surface area contributed by atoms with Gasteiger partial charge in [0.2, 0.25) is 0 Å². The van der Waals surface area contributed by atoms with Crippen molar-refractivity contribution in [3.05, 3.63) is 40.2 Å². The molecule has 0 aliphatic heterocycles. The molecule has 0 bridgehead atoms. The summed E-state index contributed by atoms with van der Waals surface area (Å²) in [4.78, 5) is 6.24. The molecule has 0 amide bonds. The highest BCUT2D eigenvalue weighted by atomic mass is 32.1. The molecule has 0 atom stereocenters. The van der Waals surface area contributed by atoms with E-state index in [-0.39, 0.29) is 5.54 Å². The normalized spacial score (nSPS) is 12.1. The summed E-state index contributed by atoms with van der Waals surface area (Å²) < 4.78 is 0. The van der Waals surface area contributed by atoms with Crippen molar-refractivity contribution in [2.24, 2.45) is 0 Å². The van der Waals surface area contributed by atoms with Crippen molar-refractivity contribution in [3.8, 4) is 11.3 Å². The van der Waals surface area contributed by atoms with E-state index < -0.39 is 0 Å². The van der Waals surface area contributed by atoms with Crippen LogP contribution in [0.4, 0.5) is 0 Å². The number of hydrogen-bond donors (Lipinski definition) is 1. The molecule has 2 rings (SSSR count). The standard InChI is InChI=1S/C17H24N2S/c1-12(2)16-15(13-9-7-6-8-10-13)19-14(20-16)11-18-17(3,4)5/h6-10,12,18H,11H2,1-5H3. The molecule has 0 fully saturated rings. The fourth-order valence-electron chi connectivity index (χ4n) is 1.99. The Morgan fingerprint density at radius 2 is 1.80 bits per heavy atom. The maximum absolute atomic E-state index is 4.86. The highest BCUT2D eigenvalue weighted by Gasteiger charge is 2.17. The van der Waals surface area contributed by atoms with Gasteiger partial charge in [0, 0.05) is 22.5 Å². The predicted octanol–water partition coefficient (Wildman–Crippen LogP) is 4.82. The molecular weight excluding hydrogens is 264 g/mol. The van der Waals surface area contributed by atoms with Crippen molar-refractivity contribution in [1.82, 2.24) is 10.3 Å². The summed E-state index contributed by atoms with van der Waals surface area (Å²) in [5.74, 6) is 0.506. The van der Waals surface area contributed by atoms with E-state index in [1.165, 1.54) is 15.4 Å². The molecule has 0 spiro atoms. The fraction of sp³-hybridized carbons (Fsp3) is 0.471. The van der Waals surface area contributed by atoms with Crippen LogP contribution in [0.25, 0.3) is 11.3 Å². The first-order valence-corrected chi connectivity index (χ1v) is 7.98. The van der Waals surface area contributed by atoms with Crippen LogP contribution in [0.5, 0.6) is 0 Å². The lowest BCUT2D eigenvalue weighted by molar-refractivity contribution is 0.424. The summed E-state index contributed by atoms with van der Waals surface area (Å²) in [6, 6.07) is 10.5. The van der Waals surface area contributed by atoms with Crippen LogP contribution in [0.2, 0.25) is 0 Å². The number of nitrogens with zero attached hydrogens (tertiary/aromatic N) is 1. The minimum atomic E-state index is 0.122. The first kappa shape index (κ1) is 15.2. The lowest BCUT2D eigenvalue weighted by atomic mass is 10.1. The molecule has 2 nitrogen and oxygen atoms in total. The molecule has 108 valence electrons. The predicted molar refractivity (Wildman–Crippen MR) is 88.2 cm³/mol. The van der Waals surface area contributed by atoms with Gasteiger partial charge in [-0.25, -0.2) is 4.98 Å². The third kappa shape index (κ3) is 3.90. The maximum Gasteiger partial charge on any atom is 0.107 e. The van der Waals surface area contributed by atoms with Gasteiger partial charge in [-0.1, -0.05) is 44.2 Å². The summed E-state index contributed by atoms with van der Waals surface area (Å²) in [7, 11) is 0. The van der Waals surface area contributed by atoms with Crippen molar-refractivity contribution in [1.29, 1.82) is 0 Å². The van der Waals surface area contributed by atoms with Crippen molar-refractivity contribution in [2.45, 2.75) is 52.6 Å². The zero-order valence-electron chi connectivity index (χ0n) is 13.0. The Morgan fingerprint density at radius 1 is 1.15 bits per heavy atom. The molecule has 0 saturated heterocycles. The largest absolute Gasteiger partial charge is 0.306 e. The number of aromatic nitrogens is 1. The zero-order chi connectivity index (χ0) is 14.8. The highest BCUT2D eigenvalue weighted by molar-refractivity contribution is 7.12. The van der Waals surface area contributed by atoms with E-state index >= 15 is 0 Å². The monoisotopic (exact) mass is 288 g/mol. The zero-order valence-corrected chi connectivity index (χ0v) is 13.8. The Balaban J connectivity index is 2.30. The molecule has 3 heteroatoms. The van der Waals surface area contributed by atoms with Gasteiger partial charge < -0.3 is 5.32 Å². The van der Waals surface area contributed by atoms with Gasteiger partial charge in [0.1, 0.15) is 5.01 Å². The lowest BCUT2D eigenvalue weighted by Gasteiger charge is -2.19. The first-order valence-electron chi connectivity index (χ1n) is 7.17. The summed E-state index contributed by atoms with van der Waals surface area (Å²) in [5.41, 5.74) is 2.49. The van der Waals surface area contributed by atoms with Crippen molar-refractivity contribution in [3.63, 3.8) is 0 Å². The van der Waals surface area contributed by atoms with Gasteiger partial charge in [0.25, 0.3) is 0 Å². The van der Waals surface area contributed by atoms with Gasteiger partial charge in [0.05, 0.1) is 5.69 Å². The molecule has 1 heterocycles. The quantitative estimate of drug-likeness (QED) is 0.872. The Hall–Kier alpha value is -1.19. The second kappa shape index (κ2) is 6.06. The number of benzene rings is 1.